The number of carbonyl (C=O) groups excluding carboxylic acids is 3. The van der Waals surface area contributed by atoms with Gasteiger partial charge in [0.1, 0.15) is 23.2 Å². The molecule has 4 rings (SSSR count). The Kier molecular flexibility index (Phi) is 9.17. The molecule has 4 amide bonds. The second-order valence-corrected chi connectivity index (χ2v) is 13.1. The van der Waals surface area contributed by atoms with Gasteiger partial charge < -0.3 is 27.2 Å². The number of thioether (sulfide) groups is 2. The number of carboxylic acid groups (broad SMARTS) is 1. The van der Waals surface area contributed by atoms with Gasteiger partial charge in [0.2, 0.25) is 21.1 Å². The number of hydrogen-bond acceptors (Lipinski definition) is 12. The number of aliphatic carboxylic acids is 1. The lowest BCUT2D eigenvalue weighted by Gasteiger charge is -2.50. The maximum Gasteiger partial charge on any atom is 0.352 e. The molecule has 1 aromatic heterocycles. The molecule has 1 saturated heterocycles. The van der Waals surface area contributed by atoms with Crippen LogP contribution in [0.4, 0.5) is 10.5 Å². The SMILES string of the molecule is CS(=O)(=O)NCCC(Sc1nnn[nH]1)C1=C(C(=O)O)N2C(=O)[C@@H](NC(=O)C(N)c3ccc(NC(N)=O)cc3)[C@@H]2SC1. The van der Waals surface area contributed by atoms with E-state index >= 15 is 0 Å². The average Bonchev–Trinajstić information content (AvgIpc) is 3.42. The van der Waals surface area contributed by atoms with E-state index in [1.807, 2.05) is 0 Å². The summed E-state index contributed by atoms with van der Waals surface area (Å²) in [5.41, 5.74) is 12.1. The lowest BCUT2D eigenvalue weighted by Crippen LogP contribution is -2.71. The molecule has 0 radical (unpaired) electrons. The number of carbonyl (C=O) groups is 4. The molecule has 4 atom stereocenters. The fraction of sp³-hybridized carbons (Fsp3) is 0.381. The highest BCUT2D eigenvalue weighted by Crippen LogP contribution is 2.44. The smallest absolute Gasteiger partial charge is 0.352 e. The zero-order valence-corrected chi connectivity index (χ0v) is 23.8. The number of anilines is 1. The maximum absolute atomic E-state index is 13.2. The van der Waals surface area contributed by atoms with E-state index in [9.17, 15) is 32.7 Å². The number of aromatic amines is 1. The number of amides is 4. The minimum Gasteiger partial charge on any atom is -0.477 e. The van der Waals surface area contributed by atoms with Gasteiger partial charge in [0.25, 0.3) is 5.91 Å². The Morgan fingerprint density at radius 2 is 2.00 bits per heavy atom. The summed E-state index contributed by atoms with van der Waals surface area (Å²) >= 11 is 2.36. The fourth-order valence-corrected chi connectivity index (χ4v) is 7.25. The molecule has 0 spiro atoms. The van der Waals surface area contributed by atoms with Crippen molar-refractivity contribution in [2.24, 2.45) is 11.5 Å². The highest BCUT2D eigenvalue weighted by atomic mass is 32.2. The molecule has 2 aliphatic rings. The molecule has 0 bridgehead atoms. The van der Waals surface area contributed by atoms with E-state index in [2.05, 4.69) is 36.0 Å². The van der Waals surface area contributed by atoms with Crippen LogP contribution in [0.3, 0.4) is 0 Å². The number of primary amides is 1. The average molecular weight is 627 g/mol. The Labute approximate surface area is 241 Å². The summed E-state index contributed by atoms with van der Waals surface area (Å²) in [5, 5.41) is 27.5. The fourth-order valence-electron chi connectivity index (χ4n) is 4.21. The highest BCUT2D eigenvalue weighted by Gasteiger charge is 2.55. The lowest BCUT2D eigenvalue weighted by molar-refractivity contribution is -0.150. The number of benzene rings is 1. The molecular weight excluding hydrogens is 600 g/mol. The van der Waals surface area contributed by atoms with Crippen LogP contribution >= 0.6 is 23.5 Å². The van der Waals surface area contributed by atoms with Crippen LogP contribution in [0.2, 0.25) is 0 Å². The van der Waals surface area contributed by atoms with E-state index in [4.69, 9.17) is 11.5 Å². The molecule has 2 aromatic rings. The quantitative estimate of drug-likeness (QED) is 0.105. The van der Waals surface area contributed by atoms with Gasteiger partial charge >= 0.3 is 12.0 Å². The van der Waals surface area contributed by atoms with Gasteiger partial charge in [-0.15, -0.1) is 16.9 Å². The van der Waals surface area contributed by atoms with Crippen molar-refractivity contribution in [1.29, 1.82) is 0 Å². The van der Waals surface area contributed by atoms with E-state index in [1.165, 1.54) is 36.0 Å². The van der Waals surface area contributed by atoms with E-state index < -0.39 is 56.5 Å². The van der Waals surface area contributed by atoms with Crippen LogP contribution < -0.4 is 26.8 Å². The predicted octanol–water partition coefficient (Wildman–Crippen LogP) is -1.47. The van der Waals surface area contributed by atoms with Gasteiger partial charge in [-0.25, -0.2) is 27.8 Å². The van der Waals surface area contributed by atoms with Crippen molar-refractivity contribution in [2.75, 3.05) is 23.9 Å². The number of β-lactam (4-membered cyclic amide) rings is 1. The van der Waals surface area contributed by atoms with Crippen LogP contribution in [0.15, 0.2) is 40.7 Å². The number of nitrogens with two attached hydrogens (primary N) is 2. The van der Waals surface area contributed by atoms with Gasteiger partial charge in [0.15, 0.2) is 0 Å². The third-order valence-corrected chi connectivity index (χ3v) is 9.29. The van der Waals surface area contributed by atoms with Crippen molar-refractivity contribution in [3.8, 4) is 0 Å². The molecule has 2 unspecified atom stereocenters. The lowest BCUT2D eigenvalue weighted by atomic mass is 9.99. The first kappa shape index (κ1) is 30.2. The number of urea groups is 1. The molecule has 2 aliphatic heterocycles. The summed E-state index contributed by atoms with van der Waals surface area (Å²) in [6, 6.07) is 3.18. The number of tetrazole rings is 1. The summed E-state index contributed by atoms with van der Waals surface area (Å²) < 4.78 is 25.5. The van der Waals surface area contributed by atoms with Crippen molar-refractivity contribution in [1.82, 2.24) is 35.6 Å². The second kappa shape index (κ2) is 12.4. The van der Waals surface area contributed by atoms with Crippen molar-refractivity contribution < 1.29 is 32.7 Å². The first-order valence-electron chi connectivity index (χ1n) is 11.8. The van der Waals surface area contributed by atoms with Gasteiger partial charge in [0, 0.05) is 23.2 Å². The third-order valence-electron chi connectivity index (χ3n) is 6.06. The summed E-state index contributed by atoms with van der Waals surface area (Å²) in [5.74, 6) is -2.44. The van der Waals surface area contributed by atoms with Gasteiger partial charge in [-0.05, 0) is 40.1 Å². The third kappa shape index (κ3) is 7.14. The highest BCUT2D eigenvalue weighted by molar-refractivity contribution is 8.01. The van der Waals surface area contributed by atoms with E-state index in [-0.39, 0.29) is 29.6 Å². The first-order chi connectivity index (χ1) is 19.4. The minimum atomic E-state index is -3.49. The second-order valence-electron chi connectivity index (χ2n) is 8.93. The maximum atomic E-state index is 13.2. The molecule has 3 heterocycles. The predicted molar refractivity (Wildman–Crippen MR) is 148 cm³/mol. The minimum absolute atomic E-state index is 0.00660. The zero-order chi connectivity index (χ0) is 29.9. The van der Waals surface area contributed by atoms with Crippen LogP contribution in [0, 0.1) is 0 Å². The van der Waals surface area contributed by atoms with Gasteiger partial charge in [-0.1, -0.05) is 23.9 Å². The van der Waals surface area contributed by atoms with Gasteiger partial charge in [0.05, 0.1) is 6.26 Å². The van der Waals surface area contributed by atoms with Crippen LogP contribution in [0.5, 0.6) is 0 Å². The first-order valence-corrected chi connectivity index (χ1v) is 15.7. The molecule has 220 valence electrons. The summed E-state index contributed by atoms with van der Waals surface area (Å²) in [7, 11) is -3.49. The molecule has 20 heteroatoms. The largest absolute Gasteiger partial charge is 0.477 e. The molecule has 41 heavy (non-hydrogen) atoms. The molecular formula is C21H26N10O7S3. The molecule has 0 saturated carbocycles. The number of rotatable bonds is 12. The zero-order valence-electron chi connectivity index (χ0n) is 21.3. The Balaban J connectivity index is 1.50. The standard InChI is InChI=1S/C21H26N10O7S3/c1-41(37,38)24-7-6-12(40-21-27-29-30-28-21)11-8-39-18-14(17(33)31(18)15(11)19(34)35)26-16(32)13(22)9-2-4-10(5-3-9)25-20(23)36/h2-5,12-14,18,24H,6-8,22H2,1H3,(H,26,32)(H,34,35)(H3,23,25,36)(H,27,28,29,30)/t12?,13?,14-,18+/m1/s1. The molecule has 9 N–H and O–H groups in total. The van der Waals surface area contributed by atoms with Crippen molar-refractivity contribution in [3.63, 3.8) is 0 Å². The summed E-state index contributed by atoms with van der Waals surface area (Å²) in [6.07, 6.45) is 1.19. The van der Waals surface area contributed by atoms with Crippen LogP contribution in [0.25, 0.3) is 0 Å². The van der Waals surface area contributed by atoms with Crippen molar-refractivity contribution >= 4 is 63.0 Å². The van der Waals surface area contributed by atoms with E-state index in [0.717, 1.165) is 22.9 Å². The Bertz CT molecular complexity index is 1470. The number of nitrogens with zero attached hydrogens (tertiary/aromatic N) is 4. The number of nitrogens with one attached hydrogen (secondary N) is 4. The number of sulfonamides is 1. The van der Waals surface area contributed by atoms with Crippen molar-refractivity contribution in [2.45, 2.75) is 34.3 Å². The van der Waals surface area contributed by atoms with Crippen LogP contribution in [-0.4, -0.2) is 98.1 Å². The number of aromatic nitrogens is 4. The van der Waals surface area contributed by atoms with Crippen LogP contribution in [0.1, 0.15) is 18.0 Å². The Morgan fingerprint density at radius 3 is 2.59 bits per heavy atom. The van der Waals surface area contributed by atoms with Gasteiger partial charge in [-0.2, -0.15) is 0 Å². The van der Waals surface area contributed by atoms with E-state index in [1.54, 1.807) is 0 Å². The monoisotopic (exact) mass is 626 g/mol. The van der Waals surface area contributed by atoms with E-state index in [0.29, 0.717) is 16.8 Å². The molecule has 17 nitrogen and oxygen atoms in total. The van der Waals surface area contributed by atoms with Crippen LogP contribution in [-0.2, 0) is 24.4 Å². The van der Waals surface area contributed by atoms with Crippen molar-refractivity contribution in [3.05, 3.63) is 41.1 Å². The summed E-state index contributed by atoms with van der Waals surface area (Å²) in [4.78, 5) is 50.5. The number of fused-ring (bicyclic) bond motifs is 1. The number of H-pyrrole nitrogens is 1. The van der Waals surface area contributed by atoms with Gasteiger partial charge in [-0.3, -0.25) is 14.5 Å². The number of hydrogen-bond donors (Lipinski definition) is 7. The summed E-state index contributed by atoms with van der Waals surface area (Å²) in [6.45, 7) is 0.00660. The number of carboxylic acids is 1. The molecule has 1 fully saturated rings. The topological polar surface area (TPSA) is 268 Å². The molecule has 0 aliphatic carbocycles. The molecule has 1 aromatic carbocycles. The Hall–Kier alpha value is -3.72. The normalized spacial score (nSPS) is 20.0. The Morgan fingerprint density at radius 1 is 1.29 bits per heavy atom.